The smallest absolute Gasteiger partial charge is 0.269 e. The second-order valence-electron chi connectivity index (χ2n) is 19.5. The molecule has 7 aromatic carbocycles. The Bertz CT molecular complexity index is 5420. The molecule has 0 amide bonds. The minimum atomic E-state index is -4.95. The van der Waals surface area contributed by atoms with Crippen LogP contribution in [-0.2, 0) is 27.1 Å². The molecule has 0 radical (unpaired) electrons. The standard InChI is InChI=1S/C69H70N4O/c1-44-36-53(45-24-28-55-57(38-45)68(9,10)33-31-66(55,5)6)64(54(37-44)46-25-29-56-58(39-46)69(11,12)34-32-67(56,7)8)72-43-71(60-22-15-16-23-61(60)72)48-18-17-19-49(41-48)74-50-26-27-52-51-20-13-14-21-59(51)73(62(52)42-50)63-40-47(30-35-70-63)65(2,3)4/h13-30,35-42H,31-34H2,1-12H3/i1D3,5D3,6D3,7D3,8D3,9D3,10D3,11D3,12D3,24D,25D,28D,29D,31D2,32D2,33D2,34D2,38D,39D. The van der Waals surface area contributed by atoms with Gasteiger partial charge >= 0.3 is 0 Å². The summed E-state index contributed by atoms with van der Waals surface area (Å²) < 4.78 is 392. The van der Waals surface area contributed by atoms with E-state index in [1.165, 1.54) is 53.1 Å². The second kappa shape index (κ2) is 16.9. The van der Waals surface area contributed by atoms with Crippen LogP contribution in [0.3, 0.4) is 0 Å². The third-order valence-electron chi connectivity index (χ3n) is 13.2. The molecule has 2 aliphatic carbocycles. The van der Waals surface area contributed by atoms with Gasteiger partial charge in [0.25, 0.3) is 6.33 Å². The fourth-order valence-corrected chi connectivity index (χ4v) is 9.60. The molecular weight excluding hydrogens is 901 g/mol. The number of nitrogens with zero attached hydrogens (tertiary/aromatic N) is 4. The Morgan fingerprint density at radius 3 is 1.84 bits per heavy atom. The molecule has 5 heteroatoms. The molecule has 5 nitrogen and oxygen atoms in total. The fourth-order valence-electron chi connectivity index (χ4n) is 9.60. The number of aryl methyl sites for hydroxylation is 1. The van der Waals surface area contributed by atoms with Crippen LogP contribution in [0.15, 0.2) is 158 Å². The molecule has 0 fully saturated rings. The average Bonchev–Trinajstić information content (AvgIpc) is 1.29. The first-order chi connectivity index (χ1) is 52.0. The fraction of sp³-hybridized carbons (Fsp3) is 0.304. The summed E-state index contributed by atoms with van der Waals surface area (Å²) in [6.45, 7) is -34.7. The summed E-state index contributed by atoms with van der Waals surface area (Å²) >= 11 is 0. The quantitative estimate of drug-likeness (QED) is 0.118. The third-order valence-corrected chi connectivity index (χ3v) is 13.2. The van der Waals surface area contributed by atoms with Crippen molar-refractivity contribution < 1.29 is 65.5 Å². The number of benzene rings is 7. The first-order valence-corrected chi connectivity index (χ1v) is 23.2. The van der Waals surface area contributed by atoms with Gasteiger partial charge in [-0.2, -0.15) is 0 Å². The van der Waals surface area contributed by atoms with Gasteiger partial charge in [0.05, 0.1) is 41.7 Å². The highest BCUT2D eigenvalue weighted by molar-refractivity contribution is 6.09. The van der Waals surface area contributed by atoms with E-state index in [0.717, 1.165) is 26.4 Å². The minimum absolute atomic E-state index is 0.0341. The van der Waals surface area contributed by atoms with Crippen molar-refractivity contribution in [2.45, 2.75) is 135 Å². The van der Waals surface area contributed by atoms with Crippen molar-refractivity contribution in [2.75, 3.05) is 0 Å². The van der Waals surface area contributed by atoms with E-state index in [0.29, 0.717) is 23.5 Å². The van der Waals surface area contributed by atoms with Gasteiger partial charge < -0.3 is 4.74 Å². The van der Waals surface area contributed by atoms with Gasteiger partial charge in [0.15, 0.2) is 0 Å². The lowest BCUT2D eigenvalue weighted by atomic mass is 9.62. The lowest BCUT2D eigenvalue weighted by Crippen LogP contribution is -2.34. The second-order valence-corrected chi connectivity index (χ2v) is 19.5. The molecule has 0 spiro atoms. The van der Waals surface area contributed by atoms with E-state index in [2.05, 4.69) is 6.33 Å². The predicted molar refractivity (Wildman–Crippen MR) is 307 cm³/mol. The van der Waals surface area contributed by atoms with Gasteiger partial charge in [0.2, 0.25) is 0 Å². The number of rotatable bonds is 7. The monoisotopic (exact) mass is 1010 g/mol. The maximum absolute atomic E-state index is 10.5. The van der Waals surface area contributed by atoms with Crippen molar-refractivity contribution in [3.05, 3.63) is 197 Å². The maximum atomic E-state index is 10.5. The zero-order chi connectivity index (χ0) is 86.6. The zero-order valence-electron chi connectivity index (χ0n) is 80.7. The normalized spacial score (nSPS) is 29.0. The van der Waals surface area contributed by atoms with Crippen LogP contribution in [0.2, 0.25) is 0 Å². The molecule has 74 heavy (non-hydrogen) atoms. The summed E-state index contributed by atoms with van der Waals surface area (Å²) in [5, 5.41) is 1.66. The van der Waals surface area contributed by atoms with Crippen LogP contribution < -0.4 is 9.30 Å². The van der Waals surface area contributed by atoms with Crippen molar-refractivity contribution in [1.29, 1.82) is 0 Å². The molecule has 0 aliphatic heterocycles. The molecule has 3 heterocycles. The number of hydrogen-bond donors (Lipinski definition) is 0. The van der Waals surface area contributed by atoms with Crippen molar-refractivity contribution >= 4 is 32.8 Å². The number of imidazole rings is 1. The zero-order valence-corrected chi connectivity index (χ0v) is 39.7. The number of ether oxygens (including phenoxy) is 1. The number of aromatic nitrogens is 4. The van der Waals surface area contributed by atoms with Crippen LogP contribution in [0.5, 0.6) is 11.5 Å². The summed E-state index contributed by atoms with van der Waals surface area (Å²) in [5.41, 5.74) is -33.4. The van der Waals surface area contributed by atoms with Gasteiger partial charge in [-0.25, -0.2) is 4.98 Å². The molecule has 0 saturated carbocycles. The minimum Gasteiger partial charge on any atom is -0.458 e. The Balaban J connectivity index is 1.29. The van der Waals surface area contributed by atoms with Crippen LogP contribution in [0.25, 0.3) is 72.3 Å². The van der Waals surface area contributed by atoms with E-state index >= 15 is 0 Å². The van der Waals surface area contributed by atoms with E-state index in [1.54, 1.807) is 18.3 Å². The SMILES string of the molecule is [2H]c1c([2H])c2c(c([2H])c1-c1cc(C([2H])([2H])[2H])cc(-c3c([2H])c([2H])c4c(c3[2H])C(C([2H])([2H])[2H])(C([2H])([2H])[2H])C([2H])([2H])C([2H])([2H])C4(C([2H])([2H])[2H])C([2H])([2H])[2H])c1-[n+]1[c-]n(-c3cccc(Oc4ccc5c6ccccc6n(-c6cc(C(C)(C)C)ccn6)c5c4)c3)c3ccccc31)C(C([2H])([2H])[2H])(C([2H])([2H])[2H])C([2H])([2H])C([2H])([2H])C2(C([2H])([2H])[2H])C([2H])([2H])[2H]. The van der Waals surface area contributed by atoms with Crippen molar-refractivity contribution in [2.24, 2.45) is 0 Å². The maximum Gasteiger partial charge on any atom is 0.269 e. The highest BCUT2D eigenvalue weighted by Crippen LogP contribution is 2.50. The highest BCUT2D eigenvalue weighted by atomic mass is 16.5. The van der Waals surface area contributed by atoms with Crippen LogP contribution in [0.1, 0.15) is 191 Å². The first-order valence-electron chi connectivity index (χ1n) is 43.7. The summed E-state index contributed by atoms with van der Waals surface area (Å²) in [6, 6.07) is 17.7. The van der Waals surface area contributed by atoms with Crippen LogP contribution >= 0.6 is 0 Å². The van der Waals surface area contributed by atoms with E-state index in [9.17, 15) is 19.2 Å². The van der Waals surface area contributed by atoms with Crippen LogP contribution in [-0.4, -0.2) is 14.1 Å². The van der Waals surface area contributed by atoms with E-state index in [4.69, 9.17) is 46.7 Å². The highest BCUT2D eigenvalue weighted by Gasteiger charge is 2.39. The van der Waals surface area contributed by atoms with Gasteiger partial charge in [-0.05, 0) is 158 Å². The lowest BCUT2D eigenvalue weighted by molar-refractivity contribution is -0.571. The van der Waals surface area contributed by atoms with Gasteiger partial charge in [-0.15, -0.1) is 0 Å². The molecule has 372 valence electrons. The topological polar surface area (TPSA) is 35.9 Å². The summed E-state index contributed by atoms with van der Waals surface area (Å²) in [6.07, 6.45) is -15.0. The summed E-state index contributed by atoms with van der Waals surface area (Å²) in [5.74, 6) is 0.884. The number of hydrogen-bond acceptors (Lipinski definition) is 2. The first kappa shape index (κ1) is 20.5. The molecule has 0 atom stereocenters. The molecule has 2 aliphatic rings. The Morgan fingerprint density at radius 2 is 1.20 bits per heavy atom. The van der Waals surface area contributed by atoms with Crippen molar-refractivity contribution in [1.82, 2.24) is 14.1 Å². The molecule has 12 rings (SSSR count). The van der Waals surface area contributed by atoms with Crippen molar-refractivity contribution in [3.63, 3.8) is 0 Å². The van der Waals surface area contributed by atoms with E-state index in [-0.39, 0.29) is 33.6 Å². The van der Waals surface area contributed by atoms with Gasteiger partial charge in [0, 0.05) is 71.0 Å². The Morgan fingerprint density at radius 1 is 0.608 bits per heavy atom. The molecular formula is C69H70N4O. The Hall–Kier alpha value is -7.24. The number of fused-ring (bicyclic) bond motifs is 6. The summed E-state index contributed by atoms with van der Waals surface area (Å²) in [7, 11) is 0. The third kappa shape index (κ3) is 7.97. The van der Waals surface area contributed by atoms with Crippen LogP contribution in [0, 0.1) is 13.2 Å². The van der Waals surface area contributed by atoms with Crippen LogP contribution in [0.4, 0.5) is 0 Å². The number of pyridine rings is 1. The lowest BCUT2D eigenvalue weighted by Gasteiger charge is -2.42. The Kier molecular flexibility index (Phi) is 4.67. The van der Waals surface area contributed by atoms with Crippen molar-refractivity contribution in [3.8, 4) is 50.9 Å². The molecule has 0 saturated heterocycles. The van der Waals surface area contributed by atoms with E-state index < -0.39 is 201 Å². The van der Waals surface area contributed by atoms with Gasteiger partial charge in [-0.1, -0.05) is 178 Å². The average molecular weight is 1010 g/mol. The molecule has 3 aromatic heterocycles. The largest absolute Gasteiger partial charge is 0.458 e. The molecule has 0 N–H and O–H groups in total. The van der Waals surface area contributed by atoms with Gasteiger partial charge in [0.1, 0.15) is 17.3 Å². The van der Waals surface area contributed by atoms with Gasteiger partial charge in [-0.3, -0.25) is 13.7 Å². The predicted octanol–water partition coefficient (Wildman–Crippen LogP) is 17.6. The molecule has 0 bridgehead atoms. The molecule has 10 aromatic rings. The van der Waals surface area contributed by atoms with E-state index in [1.807, 2.05) is 67.8 Å². The number of para-hydroxylation sites is 3. The Labute approximate surface area is 496 Å². The molecule has 0 unspecified atom stereocenters. The summed E-state index contributed by atoms with van der Waals surface area (Å²) in [4.78, 5) is 4.76.